The quantitative estimate of drug-likeness (QED) is 0.416. The van der Waals surface area contributed by atoms with E-state index in [1.54, 1.807) is 24.3 Å². The summed E-state index contributed by atoms with van der Waals surface area (Å²) in [4.78, 5) is 18.1. The Kier molecular flexibility index (Phi) is 2.48. The van der Waals surface area contributed by atoms with Gasteiger partial charge in [-0.2, -0.15) is 9.69 Å². The van der Waals surface area contributed by atoms with Gasteiger partial charge in [0.2, 0.25) is 0 Å². The molecule has 0 heterocycles. The van der Waals surface area contributed by atoms with Crippen LogP contribution < -0.4 is 0 Å². The highest BCUT2D eigenvalue weighted by Gasteiger charge is 2.35. The van der Waals surface area contributed by atoms with Gasteiger partial charge in [0.25, 0.3) is 0 Å². The van der Waals surface area contributed by atoms with E-state index in [4.69, 9.17) is 18.3 Å². The smallest absolute Gasteiger partial charge is 0.515 e. The zero-order valence-electron chi connectivity index (χ0n) is 8.64. The van der Waals surface area contributed by atoms with Gasteiger partial charge >= 0.3 is 5.82 Å². The molecule has 0 aliphatic heterocycles. The third-order valence-electron chi connectivity index (χ3n) is 2.52. The zero-order chi connectivity index (χ0) is 12.4. The Labute approximate surface area is 97.8 Å². The summed E-state index contributed by atoms with van der Waals surface area (Å²) in [5, 5.41) is 9.10. The molecule has 2 rings (SSSR count). The lowest BCUT2D eigenvalue weighted by molar-refractivity contribution is 0.104. The number of benzene rings is 1. The second-order valence-corrected chi connectivity index (χ2v) is 3.34. The minimum Gasteiger partial charge on any atom is -0.515 e. The molecule has 0 atom stereocenters. The number of hydrogen-bond acceptors (Lipinski definition) is 2. The molecular weight excluding hydrogens is 216 g/mol. The Bertz CT molecular complexity index is 639. The van der Waals surface area contributed by atoms with E-state index < -0.39 is 0 Å². The van der Waals surface area contributed by atoms with Crippen LogP contribution >= 0.6 is 0 Å². The van der Waals surface area contributed by atoms with Crippen molar-refractivity contribution in [2.45, 2.75) is 0 Å². The van der Waals surface area contributed by atoms with Crippen LogP contribution in [0.4, 0.5) is 0 Å². The van der Waals surface area contributed by atoms with Crippen LogP contribution in [0.25, 0.3) is 15.3 Å². The maximum absolute atomic E-state index is 11.9. The van der Waals surface area contributed by atoms with Crippen molar-refractivity contribution < 1.29 is 9.90 Å². The number of allylic oxidation sites excluding steroid dienone is 2. The van der Waals surface area contributed by atoms with E-state index in [9.17, 15) is 4.79 Å². The van der Waals surface area contributed by atoms with Gasteiger partial charge in [0.15, 0.2) is 5.78 Å². The Balaban J connectivity index is 2.87. The molecule has 0 fully saturated rings. The predicted octanol–water partition coefficient (Wildman–Crippen LogP) is 2.83. The fourth-order valence-electron chi connectivity index (χ4n) is 1.80. The summed E-state index contributed by atoms with van der Waals surface area (Å²) >= 11 is 0. The van der Waals surface area contributed by atoms with Crippen LogP contribution in [0, 0.1) is 13.1 Å². The molecule has 0 unspecified atom stereocenters. The number of Topliss-reactive ketones (excluding diaryl/α,β-unsaturated/α-hetero) is 1. The Morgan fingerprint density at radius 2 is 1.76 bits per heavy atom. The van der Waals surface area contributed by atoms with Gasteiger partial charge in [-0.3, -0.25) is 4.79 Å². The number of fused-ring (bicyclic) bond motifs is 1. The fourth-order valence-corrected chi connectivity index (χ4v) is 1.80. The first kappa shape index (κ1) is 10.7. The summed E-state index contributed by atoms with van der Waals surface area (Å²) in [6.45, 7) is 13.9. The Morgan fingerprint density at radius 3 is 2.29 bits per heavy atom. The predicted molar refractivity (Wildman–Crippen MR) is 61.6 cm³/mol. The topological polar surface area (TPSA) is 46.0 Å². The largest absolute Gasteiger partial charge is 0.528 e. The minimum absolute atomic E-state index is 0.00759. The molecule has 4 heteroatoms. The van der Waals surface area contributed by atoms with Crippen molar-refractivity contribution in [3.63, 3.8) is 0 Å². The lowest BCUT2D eigenvalue weighted by atomic mass is 10.1. The van der Waals surface area contributed by atoms with E-state index in [1.165, 1.54) is 0 Å². The first-order valence-electron chi connectivity index (χ1n) is 4.72. The summed E-state index contributed by atoms with van der Waals surface area (Å²) in [6, 6.07) is 6.69. The molecule has 0 aromatic heterocycles. The van der Waals surface area contributed by atoms with Crippen molar-refractivity contribution in [1.82, 2.24) is 0 Å². The molecule has 0 saturated carbocycles. The number of nitrogens with zero attached hydrogens (tertiary/aromatic N) is 2. The average molecular weight is 222 g/mol. The first-order valence-corrected chi connectivity index (χ1v) is 4.72. The lowest BCUT2D eigenvalue weighted by Crippen LogP contribution is -1.94. The molecule has 17 heavy (non-hydrogen) atoms. The molecule has 1 aliphatic rings. The van der Waals surface area contributed by atoms with Crippen LogP contribution in [0.15, 0.2) is 41.9 Å². The molecule has 1 N–H and O–H groups in total. The van der Waals surface area contributed by atoms with Crippen LogP contribution in [0.5, 0.6) is 0 Å². The molecule has 80 valence electrons. The molecule has 0 saturated heterocycles. The number of hydrogen-bond donors (Lipinski definition) is 1. The standard InChI is InChI=1S/C13H6N2O2/c1-14-13(15-2)11-8-5-3-4-6-9(8)12(17)10(11)7-16/h3-7,16H/b10-7-. The summed E-state index contributed by atoms with van der Waals surface area (Å²) in [6.07, 6.45) is 0.661. The number of aliphatic hydroxyl groups is 1. The average Bonchev–Trinajstić information content (AvgIpc) is 2.65. The summed E-state index contributed by atoms with van der Waals surface area (Å²) in [5.74, 6) is -0.563. The molecular formula is C13H6N2O2. The second kappa shape index (κ2) is 3.96. The highest BCUT2D eigenvalue weighted by atomic mass is 16.2. The number of aliphatic hydroxyl groups excluding tert-OH is 1. The van der Waals surface area contributed by atoms with E-state index >= 15 is 0 Å². The molecule has 1 aliphatic carbocycles. The van der Waals surface area contributed by atoms with E-state index in [2.05, 4.69) is 9.69 Å². The number of rotatable bonds is 0. The lowest BCUT2D eigenvalue weighted by Gasteiger charge is -1.95. The van der Waals surface area contributed by atoms with Crippen LogP contribution in [-0.2, 0) is 0 Å². The van der Waals surface area contributed by atoms with Crippen molar-refractivity contribution in [3.8, 4) is 0 Å². The monoisotopic (exact) mass is 222 g/mol. The number of carbonyl (C=O) groups is 1. The molecule has 0 bridgehead atoms. The summed E-state index contributed by atoms with van der Waals surface area (Å²) in [7, 11) is 0. The van der Waals surface area contributed by atoms with Gasteiger partial charge in [-0.1, -0.05) is 24.3 Å². The maximum atomic E-state index is 11.9. The van der Waals surface area contributed by atoms with Crippen LogP contribution in [0.3, 0.4) is 0 Å². The SMILES string of the molecule is [C-]#[N+]C([N+]#[C-])=C1/C(=C/O)C(=O)c2ccccc21. The van der Waals surface area contributed by atoms with Gasteiger partial charge in [-0.05, 0) is 5.56 Å². The van der Waals surface area contributed by atoms with Gasteiger partial charge in [-0.25, -0.2) is 0 Å². The molecule has 0 amide bonds. The molecule has 0 radical (unpaired) electrons. The minimum atomic E-state index is -0.358. The van der Waals surface area contributed by atoms with Crippen molar-refractivity contribution in [1.29, 1.82) is 0 Å². The Hall–Kier alpha value is -2.85. The van der Waals surface area contributed by atoms with E-state index in [1.807, 2.05) is 0 Å². The molecule has 1 aromatic rings. The number of carbonyl (C=O) groups excluding carboxylic acids is 1. The van der Waals surface area contributed by atoms with Gasteiger partial charge in [0.05, 0.1) is 17.4 Å². The molecule has 4 nitrogen and oxygen atoms in total. The normalized spacial score (nSPS) is 15.3. The van der Waals surface area contributed by atoms with E-state index in [0.717, 1.165) is 0 Å². The summed E-state index contributed by atoms with van der Waals surface area (Å²) in [5.41, 5.74) is 1.17. The van der Waals surface area contributed by atoms with Crippen LogP contribution in [0.2, 0.25) is 0 Å². The van der Waals surface area contributed by atoms with Gasteiger partial charge < -0.3 is 5.11 Å². The highest BCUT2D eigenvalue weighted by molar-refractivity contribution is 6.27. The third-order valence-corrected chi connectivity index (χ3v) is 2.52. The Morgan fingerprint density at radius 1 is 1.18 bits per heavy atom. The number of ketones is 1. The van der Waals surface area contributed by atoms with Crippen molar-refractivity contribution in [2.75, 3.05) is 0 Å². The molecule has 1 aromatic carbocycles. The van der Waals surface area contributed by atoms with Gasteiger partial charge in [0, 0.05) is 5.56 Å². The maximum Gasteiger partial charge on any atom is 0.528 e. The van der Waals surface area contributed by atoms with Crippen LogP contribution in [0.1, 0.15) is 15.9 Å². The second-order valence-electron chi connectivity index (χ2n) is 3.34. The van der Waals surface area contributed by atoms with E-state index in [-0.39, 0.29) is 22.8 Å². The van der Waals surface area contributed by atoms with Crippen molar-refractivity contribution in [2.24, 2.45) is 0 Å². The summed E-state index contributed by atoms with van der Waals surface area (Å²) < 4.78 is 0. The first-order chi connectivity index (χ1) is 8.24. The van der Waals surface area contributed by atoms with Crippen molar-refractivity contribution in [3.05, 3.63) is 75.9 Å². The van der Waals surface area contributed by atoms with Crippen LogP contribution in [-0.4, -0.2) is 10.9 Å². The van der Waals surface area contributed by atoms with Crippen molar-refractivity contribution >= 4 is 11.4 Å². The molecule has 0 spiro atoms. The van der Waals surface area contributed by atoms with Gasteiger partial charge in [-0.15, -0.1) is 0 Å². The van der Waals surface area contributed by atoms with E-state index in [0.29, 0.717) is 17.4 Å². The fraction of sp³-hybridized carbons (Fsp3) is 0. The third kappa shape index (κ3) is 1.40. The highest BCUT2D eigenvalue weighted by Crippen LogP contribution is 2.39. The zero-order valence-corrected chi connectivity index (χ0v) is 8.64. The van der Waals surface area contributed by atoms with Gasteiger partial charge in [0.1, 0.15) is 13.1 Å².